The molecular formula is C19H22N4O4S2. The zero-order valence-corrected chi connectivity index (χ0v) is 17.8. The predicted molar refractivity (Wildman–Crippen MR) is 111 cm³/mol. The van der Waals surface area contributed by atoms with Gasteiger partial charge >= 0.3 is 0 Å². The molecule has 4 rings (SSSR count). The standard InChI is InChI=1S/C19H22N4O4S2/c1-3-17(25)23(13-5-6-13)18-21-22-19(29-18)28-9-16(24)20-11(2)12-4-7-14-15(8-12)27-10-26-14/h4,7-8,11,13H,3,5-6,9-10H2,1-2H3,(H,20,24)/t11-/m1/s1. The zero-order valence-electron chi connectivity index (χ0n) is 16.2. The summed E-state index contributed by atoms with van der Waals surface area (Å²) in [6, 6.07) is 5.74. The summed E-state index contributed by atoms with van der Waals surface area (Å²) in [7, 11) is 0. The maximum absolute atomic E-state index is 12.4. The molecule has 0 spiro atoms. The molecule has 10 heteroatoms. The fraction of sp³-hybridized carbons (Fsp3) is 0.474. The van der Waals surface area contributed by atoms with Gasteiger partial charge in [0.2, 0.25) is 23.7 Å². The maximum atomic E-state index is 12.4. The number of thioether (sulfide) groups is 1. The van der Waals surface area contributed by atoms with E-state index in [1.54, 1.807) is 4.90 Å². The largest absolute Gasteiger partial charge is 0.454 e. The van der Waals surface area contributed by atoms with Crippen molar-refractivity contribution in [2.75, 3.05) is 17.4 Å². The van der Waals surface area contributed by atoms with E-state index in [1.165, 1.54) is 23.1 Å². The van der Waals surface area contributed by atoms with E-state index in [4.69, 9.17) is 9.47 Å². The number of anilines is 1. The third kappa shape index (κ3) is 4.64. The SMILES string of the molecule is CCC(=O)N(c1nnc(SCC(=O)N[C@H](C)c2ccc3c(c2)OCO3)s1)C1CC1. The Bertz CT molecular complexity index is 915. The Balaban J connectivity index is 1.30. The number of benzene rings is 1. The summed E-state index contributed by atoms with van der Waals surface area (Å²) < 4.78 is 11.4. The van der Waals surface area contributed by atoms with E-state index < -0.39 is 0 Å². The van der Waals surface area contributed by atoms with E-state index in [9.17, 15) is 9.59 Å². The zero-order chi connectivity index (χ0) is 20.4. The van der Waals surface area contributed by atoms with Gasteiger partial charge in [-0.15, -0.1) is 10.2 Å². The summed E-state index contributed by atoms with van der Waals surface area (Å²) >= 11 is 2.68. The molecule has 1 N–H and O–H groups in total. The highest BCUT2D eigenvalue weighted by Gasteiger charge is 2.35. The topological polar surface area (TPSA) is 93.7 Å². The van der Waals surface area contributed by atoms with Crippen LogP contribution >= 0.6 is 23.1 Å². The number of hydrogen-bond acceptors (Lipinski definition) is 8. The summed E-state index contributed by atoms with van der Waals surface area (Å²) in [5.41, 5.74) is 0.948. The van der Waals surface area contributed by atoms with Gasteiger partial charge in [-0.2, -0.15) is 0 Å². The third-order valence-electron chi connectivity index (χ3n) is 4.69. The number of rotatable bonds is 8. The Morgan fingerprint density at radius 2 is 2.10 bits per heavy atom. The van der Waals surface area contributed by atoms with Crippen molar-refractivity contribution in [1.82, 2.24) is 15.5 Å². The van der Waals surface area contributed by atoms with Gasteiger partial charge in [-0.3, -0.25) is 14.5 Å². The molecule has 0 bridgehead atoms. The summed E-state index contributed by atoms with van der Waals surface area (Å²) in [6.07, 6.45) is 2.46. The summed E-state index contributed by atoms with van der Waals surface area (Å²) in [5.74, 6) is 1.61. The van der Waals surface area contributed by atoms with Crippen LogP contribution < -0.4 is 19.7 Å². The highest BCUT2D eigenvalue weighted by atomic mass is 32.2. The van der Waals surface area contributed by atoms with Gasteiger partial charge in [0.25, 0.3) is 0 Å². The quantitative estimate of drug-likeness (QED) is 0.504. The van der Waals surface area contributed by atoms with Crippen molar-refractivity contribution >= 4 is 40.0 Å². The molecule has 1 saturated carbocycles. The fourth-order valence-corrected chi connectivity index (χ4v) is 4.75. The first kappa shape index (κ1) is 20.0. The molecule has 0 unspecified atom stereocenters. The number of nitrogens with one attached hydrogen (secondary N) is 1. The molecule has 8 nitrogen and oxygen atoms in total. The van der Waals surface area contributed by atoms with Gasteiger partial charge < -0.3 is 14.8 Å². The number of fused-ring (bicyclic) bond motifs is 1. The molecule has 2 amide bonds. The summed E-state index contributed by atoms with van der Waals surface area (Å²) in [5, 5.41) is 11.9. The lowest BCUT2D eigenvalue weighted by atomic mass is 10.1. The molecule has 0 radical (unpaired) electrons. The highest BCUT2D eigenvalue weighted by molar-refractivity contribution is 8.01. The van der Waals surface area contributed by atoms with Crippen LogP contribution in [0.15, 0.2) is 22.5 Å². The van der Waals surface area contributed by atoms with Crippen LogP contribution in [0.2, 0.25) is 0 Å². The van der Waals surface area contributed by atoms with Crippen molar-refractivity contribution < 1.29 is 19.1 Å². The molecular weight excluding hydrogens is 412 g/mol. The van der Waals surface area contributed by atoms with Crippen LogP contribution in [0.4, 0.5) is 5.13 Å². The molecule has 0 saturated heterocycles. The van der Waals surface area contributed by atoms with Gasteiger partial charge in [0.1, 0.15) is 0 Å². The third-order valence-corrected chi connectivity index (χ3v) is 6.74. The monoisotopic (exact) mass is 434 g/mol. The van der Waals surface area contributed by atoms with Crippen LogP contribution in [-0.2, 0) is 9.59 Å². The summed E-state index contributed by atoms with van der Waals surface area (Å²) in [4.78, 5) is 26.3. The lowest BCUT2D eigenvalue weighted by Crippen LogP contribution is -2.32. The summed E-state index contributed by atoms with van der Waals surface area (Å²) in [6.45, 7) is 4.00. The van der Waals surface area contributed by atoms with Crippen molar-refractivity contribution in [2.45, 2.75) is 49.5 Å². The second kappa shape index (κ2) is 8.58. The molecule has 154 valence electrons. The number of nitrogens with zero attached hydrogens (tertiary/aromatic N) is 3. The second-order valence-electron chi connectivity index (χ2n) is 6.89. The van der Waals surface area contributed by atoms with Gasteiger partial charge in [-0.25, -0.2) is 0 Å². The molecule has 1 fully saturated rings. The number of carbonyl (C=O) groups excluding carboxylic acids is 2. The van der Waals surface area contributed by atoms with Crippen molar-refractivity contribution in [2.24, 2.45) is 0 Å². The van der Waals surface area contributed by atoms with E-state index in [2.05, 4.69) is 15.5 Å². The van der Waals surface area contributed by atoms with Crippen LogP contribution in [0.5, 0.6) is 11.5 Å². The number of hydrogen-bond donors (Lipinski definition) is 1. The second-order valence-corrected chi connectivity index (χ2v) is 9.07. The van der Waals surface area contributed by atoms with Crippen molar-refractivity contribution in [3.05, 3.63) is 23.8 Å². The molecule has 1 aromatic carbocycles. The molecule has 2 aliphatic rings. The van der Waals surface area contributed by atoms with Gasteiger partial charge in [-0.1, -0.05) is 36.1 Å². The number of aromatic nitrogens is 2. The van der Waals surface area contributed by atoms with E-state index in [1.807, 2.05) is 32.0 Å². The first-order chi connectivity index (χ1) is 14.0. The average molecular weight is 435 g/mol. The van der Waals surface area contributed by atoms with Gasteiger partial charge in [0.15, 0.2) is 15.8 Å². The minimum Gasteiger partial charge on any atom is -0.454 e. The molecule has 1 aliphatic heterocycles. The Labute approximate surface area is 177 Å². The minimum absolute atomic E-state index is 0.0653. The normalized spacial score (nSPS) is 15.8. The molecule has 1 atom stereocenters. The van der Waals surface area contributed by atoms with Gasteiger partial charge in [0.05, 0.1) is 11.8 Å². The first-order valence-corrected chi connectivity index (χ1v) is 11.3. The van der Waals surface area contributed by atoms with Crippen LogP contribution in [0.3, 0.4) is 0 Å². The van der Waals surface area contributed by atoms with Crippen molar-refractivity contribution in [3.8, 4) is 11.5 Å². The fourth-order valence-electron chi connectivity index (χ4n) is 3.00. The van der Waals surface area contributed by atoms with E-state index in [0.29, 0.717) is 21.6 Å². The lowest BCUT2D eigenvalue weighted by molar-refractivity contribution is -0.119. The Kier molecular flexibility index (Phi) is 5.91. The van der Waals surface area contributed by atoms with E-state index >= 15 is 0 Å². The molecule has 29 heavy (non-hydrogen) atoms. The van der Waals surface area contributed by atoms with E-state index in [-0.39, 0.29) is 36.4 Å². The van der Waals surface area contributed by atoms with Gasteiger partial charge in [-0.05, 0) is 37.5 Å². The number of ether oxygens (including phenoxy) is 2. The molecule has 2 aromatic rings. The molecule has 1 aromatic heterocycles. The number of amides is 2. The predicted octanol–water partition coefficient (Wildman–Crippen LogP) is 3.14. The number of carbonyl (C=O) groups is 2. The first-order valence-electron chi connectivity index (χ1n) is 9.52. The van der Waals surface area contributed by atoms with Crippen molar-refractivity contribution in [1.29, 1.82) is 0 Å². The minimum atomic E-state index is -0.157. The van der Waals surface area contributed by atoms with E-state index in [0.717, 1.165) is 24.2 Å². The van der Waals surface area contributed by atoms with Crippen molar-refractivity contribution in [3.63, 3.8) is 0 Å². The molecule has 1 aliphatic carbocycles. The van der Waals surface area contributed by atoms with Crippen LogP contribution in [0.25, 0.3) is 0 Å². The Hall–Kier alpha value is -2.33. The van der Waals surface area contributed by atoms with Crippen LogP contribution in [-0.4, -0.2) is 40.6 Å². The van der Waals surface area contributed by atoms with Crippen LogP contribution in [0, 0.1) is 0 Å². The Morgan fingerprint density at radius 3 is 2.86 bits per heavy atom. The van der Waals surface area contributed by atoms with Crippen LogP contribution in [0.1, 0.15) is 44.7 Å². The van der Waals surface area contributed by atoms with Gasteiger partial charge in [0, 0.05) is 12.5 Å². The molecule has 2 heterocycles. The lowest BCUT2D eigenvalue weighted by Gasteiger charge is -2.17. The smallest absolute Gasteiger partial charge is 0.231 e. The Morgan fingerprint density at radius 1 is 1.31 bits per heavy atom. The highest BCUT2D eigenvalue weighted by Crippen LogP contribution is 2.36. The average Bonchev–Trinajstić information content (AvgIpc) is 3.25. The maximum Gasteiger partial charge on any atom is 0.231 e.